The zero-order chi connectivity index (χ0) is 7.23. The van der Waals surface area contributed by atoms with E-state index in [4.69, 9.17) is 4.74 Å². The number of ether oxygens (including phenoxy) is 1. The lowest BCUT2D eigenvalue weighted by atomic mass is 10.1. The summed E-state index contributed by atoms with van der Waals surface area (Å²) in [5.41, 5.74) is 0. The maximum absolute atomic E-state index is 11.6. The molecule has 0 aromatic carbocycles. The summed E-state index contributed by atoms with van der Waals surface area (Å²) in [6, 6.07) is 0. The molecule has 0 amide bonds. The van der Waals surface area contributed by atoms with Crippen molar-refractivity contribution < 1.29 is 9.13 Å². The van der Waals surface area contributed by atoms with Gasteiger partial charge in [0.2, 0.25) is 0 Å². The summed E-state index contributed by atoms with van der Waals surface area (Å²) >= 11 is 0. The molecule has 60 valence electrons. The Hall–Kier alpha value is -0.150. The first-order chi connectivity index (χ1) is 4.93. The summed E-state index contributed by atoms with van der Waals surface area (Å²) in [5.74, 6) is 0. The molecule has 1 fully saturated rings. The van der Waals surface area contributed by atoms with E-state index in [0.29, 0.717) is 0 Å². The average molecular weight is 147 g/mol. The van der Waals surface area contributed by atoms with Gasteiger partial charge in [-0.2, -0.15) is 0 Å². The van der Waals surface area contributed by atoms with Gasteiger partial charge in [-0.3, -0.25) is 0 Å². The topological polar surface area (TPSA) is 21.3 Å². The van der Waals surface area contributed by atoms with Gasteiger partial charge < -0.3 is 10.1 Å². The SMILES string of the molecule is FCCO[C@@H]1CCCNC1. The van der Waals surface area contributed by atoms with E-state index in [1.807, 2.05) is 0 Å². The lowest BCUT2D eigenvalue weighted by Gasteiger charge is -2.22. The van der Waals surface area contributed by atoms with Crippen LogP contribution in [0.4, 0.5) is 4.39 Å². The molecule has 3 heteroatoms. The number of rotatable bonds is 3. The zero-order valence-corrected chi connectivity index (χ0v) is 6.11. The molecule has 1 heterocycles. The molecule has 0 saturated carbocycles. The van der Waals surface area contributed by atoms with E-state index in [0.717, 1.165) is 25.9 Å². The lowest BCUT2D eigenvalue weighted by molar-refractivity contribution is 0.0295. The van der Waals surface area contributed by atoms with E-state index in [1.54, 1.807) is 0 Å². The first kappa shape index (κ1) is 7.95. The predicted octanol–water partition coefficient (Wildman–Crippen LogP) is 0.724. The highest BCUT2D eigenvalue weighted by Gasteiger charge is 2.11. The van der Waals surface area contributed by atoms with E-state index in [2.05, 4.69) is 5.32 Å². The van der Waals surface area contributed by atoms with Gasteiger partial charge in [0.15, 0.2) is 0 Å². The molecule has 1 aliphatic heterocycles. The van der Waals surface area contributed by atoms with Gasteiger partial charge in [0.25, 0.3) is 0 Å². The van der Waals surface area contributed by atoms with Gasteiger partial charge >= 0.3 is 0 Å². The van der Waals surface area contributed by atoms with E-state index in [1.165, 1.54) is 0 Å². The van der Waals surface area contributed by atoms with E-state index in [9.17, 15) is 4.39 Å². The quantitative estimate of drug-likeness (QED) is 0.635. The van der Waals surface area contributed by atoms with Crippen LogP contribution in [0.15, 0.2) is 0 Å². The molecule has 0 unspecified atom stereocenters. The van der Waals surface area contributed by atoms with Gasteiger partial charge in [-0.1, -0.05) is 0 Å². The number of piperidine rings is 1. The Morgan fingerprint density at radius 2 is 2.50 bits per heavy atom. The third-order valence-electron chi connectivity index (χ3n) is 1.68. The molecule has 0 aromatic rings. The van der Waals surface area contributed by atoms with Crippen LogP contribution in [0.1, 0.15) is 12.8 Å². The van der Waals surface area contributed by atoms with Crippen LogP contribution in [-0.4, -0.2) is 32.5 Å². The number of halogens is 1. The molecule has 1 saturated heterocycles. The molecule has 0 bridgehead atoms. The molecule has 10 heavy (non-hydrogen) atoms. The van der Waals surface area contributed by atoms with Gasteiger partial charge in [0.05, 0.1) is 12.7 Å². The molecule has 1 rings (SSSR count). The van der Waals surface area contributed by atoms with Crippen LogP contribution in [-0.2, 0) is 4.74 Å². The first-order valence-electron chi connectivity index (χ1n) is 3.82. The second-order valence-corrected chi connectivity index (χ2v) is 2.53. The number of nitrogens with one attached hydrogen (secondary N) is 1. The highest BCUT2D eigenvalue weighted by molar-refractivity contribution is 4.68. The highest BCUT2D eigenvalue weighted by Crippen LogP contribution is 2.04. The second kappa shape index (κ2) is 4.63. The zero-order valence-electron chi connectivity index (χ0n) is 6.11. The van der Waals surface area contributed by atoms with Crippen molar-refractivity contribution in [1.82, 2.24) is 5.32 Å². The van der Waals surface area contributed by atoms with Crippen molar-refractivity contribution in [1.29, 1.82) is 0 Å². The van der Waals surface area contributed by atoms with Crippen LogP contribution in [0.3, 0.4) is 0 Å². The monoisotopic (exact) mass is 147 g/mol. The van der Waals surface area contributed by atoms with Crippen LogP contribution in [0.2, 0.25) is 0 Å². The highest BCUT2D eigenvalue weighted by atomic mass is 19.1. The molecule has 1 aliphatic rings. The standard InChI is InChI=1S/C7H14FNO/c8-3-5-10-7-2-1-4-9-6-7/h7,9H,1-6H2/t7-/m1/s1. The van der Waals surface area contributed by atoms with Gasteiger partial charge in [0.1, 0.15) is 6.67 Å². The molecule has 0 radical (unpaired) electrons. The minimum atomic E-state index is -0.365. The minimum Gasteiger partial charge on any atom is -0.374 e. The molecule has 0 spiro atoms. The summed E-state index contributed by atoms with van der Waals surface area (Å²) in [5, 5.41) is 3.20. The Morgan fingerprint density at radius 3 is 3.10 bits per heavy atom. The summed E-state index contributed by atoms with van der Waals surface area (Å²) in [7, 11) is 0. The molecule has 1 N–H and O–H groups in total. The van der Waals surface area contributed by atoms with Crippen LogP contribution >= 0.6 is 0 Å². The number of hydrogen-bond acceptors (Lipinski definition) is 2. The Morgan fingerprint density at radius 1 is 1.60 bits per heavy atom. The summed E-state index contributed by atoms with van der Waals surface area (Å²) in [6.45, 7) is 1.86. The van der Waals surface area contributed by atoms with Crippen molar-refractivity contribution in [3.05, 3.63) is 0 Å². The summed E-state index contributed by atoms with van der Waals surface area (Å²) < 4.78 is 16.8. The van der Waals surface area contributed by atoms with Gasteiger partial charge in [-0.25, -0.2) is 4.39 Å². The third kappa shape index (κ3) is 2.62. The molecule has 0 aliphatic carbocycles. The largest absolute Gasteiger partial charge is 0.374 e. The van der Waals surface area contributed by atoms with E-state index >= 15 is 0 Å². The average Bonchev–Trinajstić information content (AvgIpc) is 2.03. The molecular formula is C7H14FNO. The molecule has 2 nitrogen and oxygen atoms in total. The summed E-state index contributed by atoms with van der Waals surface area (Å²) in [4.78, 5) is 0. The summed E-state index contributed by atoms with van der Waals surface area (Å²) in [6.07, 6.45) is 2.48. The Labute approximate surface area is 60.8 Å². The van der Waals surface area contributed by atoms with Crippen molar-refractivity contribution in [2.24, 2.45) is 0 Å². The predicted molar refractivity (Wildman–Crippen MR) is 37.8 cm³/mol. The van der Waals surface area contributed by atoms with Crippen molar-refractivity contribution in [2.45, 2.75) is 18.9 Å². The second-order valence-electron chi connectivity index (χ2n) is 2.53. The molecular weight excluding hydrogens is 133 g/mol. The van der Waals surface area contributed by atoms with Gasteiger partial charge in [-0.05, 0) is 19.4 Å². The normalized spacial score (nSPS) is 26.7. The maximum atomic E-state index is 11.6. The fourth-order valence-corrected chi connectivity index (χ4v) is 1.17. The van der Waals surface area contributed by atoms with Crippen molar-refractivity contribution >= 4 is 0 Å². The lowest BCUT2D eigenvalue weighted by Crippen LogP contribution is -2.35. The van der Waals surface area contributed by atoms with Crippen LogP contribution in [0.25, 0.3) is 0 Å². The van der Waals surface area contributed by atoms with Crippen LogP contribution in [0.5, 0.6) is 0 Å². The third-order valence-corrected chi connectivity index (χ3v) is 1.68. The maximum Gasteiger partial charge on any atom is 0.113 e. The molecule has 0 aromatic heterocycles. The van der Waals surface area contributed by atoms with Crippen LogP contribution < -0.4 is 5.32 Å². The van der Waals surface area contributed by atoms with Crippen LogP contribution in [0, 0.1) is 0 Å². The van der Waals surface area contributed by atoms with Gasteiger partial charge in [-0.15, -0.1) is 0 Å². The molecule has 1 atom stereocenters. The Kier molecular flexibility index (Phi) is 3.68. The smallest absolute Gasteiger partial charge is 0.113 e. The first-order valence-corrected chi connectivity index (χ1v) is 3.82. The van der Waals surface area contributed by atoms with Crippen molar-refractivity contribution in [3.63, 3.8) is 0 Å². The number of alkyl halides is 1. The van der Waals surface area contributed by atoms with Crippen molar-refractivity contribution in [3.8, 4) is 0 Å². The minimum absolute atomic E-state index is 0.254. The fraction of sp³-hybridized carbons (Fsp3) is 1.00. The van der Waals surface area contributed by atoms with Crippen molar-refractivity contribution in [2.75, 3.05) is 26.4 Å². The fourth-order valence-electron chi connectivity index (χ4n) is 1.17. The van der Waals surface area contributed by atoms with E-state index in [-0.39, 0.29) is 19.4 Å². The number of hydrogen-bond donors (Lipinski definition) is 1. The van der Waals surface area contributed by atoms with E-state index < -0.39 is 0 Å². The Bertz CT molecular complexity index is 83.7. The Balaban J connectivity index is 2.02. The van der Waals surface area contributed by atoms with Gasteiger partial charge in [0, 0.05) is 6.54 Å².